The highest BCUT2D eigenvalue weighted by Gasteiger charge is 2.39. The Morgan fingerprint density at radius 1 is 1.26 bits per heavy atom. The van der Waals surface area contributed by atoms with E-state index in [0.29, 0.717) is 25.1 Å². The molecule has 1 aromatic rings. The first-order valence-electron chi connectivity index (χ1n) is 9.71. The van der Waals surface area contributed by atoms with Gasteiger partial charge in [0.2, 0.25) is 11.8 Å². The molecule has 4 N–H and O–H groups in total. The third-order valence-electron chi connectivity index (χ3n) is 6.07. The van der Waals surface area contributed by atoms with Gasteiger partial charge in [0.15, 0.2) is 0 Å². The van der Waals surface area contributed by atoms with Crippen LogP contribution in [0.2, 0.25) is 0 Å². The summed E-state index contributed by atoms with van der Waals surface area (Å²) in [4.78, 5) is 37.8. The summed E-state index contributed by atoms with van der Waals surface area (Å²) in [7, 11) is 0. The van der Waals surface area contributed by atoms with Crippen LogP contribution in [-0.2, 0) is 22.7 Å². The molecule has 0 aromatic heterocycles. The Bertz CT molecular complexity index is 787. The summed E-state index contributed by atoms with van der Waals surface area (Å²) in [6.45, 7) is 1.98. The second kappa shape index (κ2) is 7.05. The van der Waals surface area contributed by atoms with Crippen LogP contribution in [0.4, 0.5) is 0 Å². The van der Waals surface area contributed by atoms with Crippen molar-refractivity contribution in [2.24, 2.45) is 5.73 Å². The van der Waals surface area contributed by atoms with E-state index in [1.807, 2.05) is 18.2 Å². The van der Waals surface area contributed by atoms with Crippen LogP contribution in [0.1, 0.15) is 60.0 Å². The van der Waals surface area contributed by atoms with Crippen molar-refractivity contribution < 1.29 is 14.4 Å². The van der Waals surface area contributed by atoms with Crippen molar-refractivity contribution in [1.82, 2.24) is 15.5 Å². The minimum atomic E-state index is -0.563. The monoisotopic (exact) mass is 370 g/mol. The molecule has 4 rings (SSSR count). The third kappa shape index (κ3) is 3.61. The maximum absolute atomic E-state index is 12.8. The molecule has 2 fully saturated rings. The zero-order valence-corrected chi connectivity index (χ0v) is 15.4. The maximum atomic E-state index is 12.8. The van der Waals surface area contributed by atoms with Crippen LogP contribution >= 0.6 is 0 Å². The summed E-state index contributed by atoms with van der Waals surface area (Å²) in [5.41, 5.74) is 8.90. The van der Waals surface area contributed by atoms with Gasteiger partial charge in [0.25, 0.3) is 5.91 Å². The summed E-state index contributed by atoms with van der Waals surface area (Å²) >= 11 is 0. The van der Waals surface area contributed by atoms with Gasteiger partial charge in [-0.25, -0.2) is 0 Å². The summed E-state index contributed by atoms with van der Waals surface area (Å²) in [6, 6.07) is 5.34. The first kappa shape index (κ1) is 18.1. The fourth-order valence-corrected chi connectivity index (χ4v) is 4.16. The van der Waals surface area contributed by atoms with Crippen LogP contribution in [-0.4, -0.2) is 40.7 Å². The molecule has 0 radical (unpaired) electrons. The predicted molar refractivity (Wildman–Crippen MR) is 99.6 cm³/mol. The van der Waals surface area contributed by atoms with E-state index in [1.54, 1.807) is 4.90 Å². The zero-order valence-electron chi connectivity index (χ0n) is 15.4. The lowest BCUT2D eigenvalue weighted by atomic mass is 9.75. The number of piperidine rings is 1. The van der Waals surface area contributed by atoms with E-state index >= 15 is 0 Å². The topological polar surface area (TPSA) is 105 Å². The van der Waals surface area contributed by atoms with E-state index in [4.69, 9.17) is 5.73 Å². The fraction of sp³-hybridized carbons (Fsp3) is 0.550. The number of hydrogen-bond donors (Lipinski definition) is 3. The van der Waals surface area contributed by atoms with Gasteiger partial charge in [-0.15, -0.1) is 0 Å². The lowest BCUT2D eigenvalue weighted by molar-refractivity contribution is -0.136. The van der Waals surface area contributed by atoms with Crippen molar-refractivity contribution in [3.8, 4) is 0 Å². The molecule has 0 bridgehead atoms. The van der Waals surface area contributed by atoms with Crippen molar-refractivity contribution in [2.45, 2.75) is 63.2 Å². The molecule has 2 aliphatic heterocycles. The van der Waals surface area contributed by atoms with Gasteiger partial charge in [0.1, 0.15) is 6.04 Å². The summed E-state index contributed by atoms with van der Waals surface area (Å²) < 4.78 is 0. The van der Waals surface area contributed by atoms with E-state index in [0.717, 1.165) is 36.9 Å². The lowest BCUT2D eigenvalue weighted by Crippen LogP contribution is -2.52. The van der Waals surface area contributed by atoms with Gasteiger partial charge < -0.3 is 16.0 Å². The number of nitrogens with one attached hydrogen (secondary N) is 2. The number of carbonyl (C=O) groups is 3. The highest BCUT2D eigenvalue weighted by atomic mass is 16.2. The Morgan fingerprint density at radius 2 is 2.07 bits per heavy atom. The van der Waals surface area contributed by atoms with Gasteiger partial charge in [0.05, 0.1) is 0 Å². The van der Waals surface area contributed by atoms with E-state index in [-0.39, 0.29) is 29.7 Å². The molecule has 0 spiro atoms. The average molecular weight is 370 g/mol. The molecule has 2 heterocycles. The number of fused-ring (bicyclic) bond motifs is 1. The lowest BCUT2D eigenvalue weighted by Gasteiger charge is -2.38. The molecular weight excluding hydrogens is 344 g/mol. The highest BCUT2D eigenvalue weighted by Crippen LogP contribution is 2.31. The van der Waals surface area contributed by atoms with E-state index in [1.165, 1.54) is 6.42 Å². The minimum Gasteiger partial charge on any atom is -0.325 e. The van der Waals surface area contributed by atoms with Crippen LogP contribution in [0.25, 0.3) is 0 Å². The second-order valence-electron chi connectivity index (χ2n) is 8.03. The molecule has 144 valence electrons. The average Bonchev–Trinajstić information content (AvgIpc) is 2.93. The SMILES string of the molecule is NC1(CCNCc2ccc3c(c2)C(=O)N(C2CCC(=O)NC2=O)C3)CCC1. The fourth-order valence-electron chi connectivity index (χ4n) is 4.16. The predicted octanol–water partition coefficient (Wildman–Crippen LogP) is 0.809. The number of hydrogen-bond acceptors (Lipinski definition) is 5. The Kier molecular flexibility index (Phi) is 4.74. The van der Waals surface area contributed by atoms with Gasteiger partial charge in [-0.05, 0) is 55.8 Å². The van der Waals surface area contributed by atoms with Crippen molar-refractivity contribution in [3.05, 3.63) is 34.9 Å². The maximum Gasteiger partial charge on any atom is 0.255 e. The first-order chi connectivity index (χ1) is 13.0. The largest absolute Gasteiger partial charge is 0.325 e. The Hall–Kier alpha value is -2.25. The molecule has 27 heavy (non-hydrogen) atoms. The Labute approximate surface area is 158 Å². The van der Waals surface area contributed by atoms with Crippen molar-refractivity contribution >= 4 is 17.7 Å². The van der Waals surface area contributed by atoms with E-state index in [9.17, 15) is 14.4 Å². The summed E-state index contributed by atoms with van der Waals surface area (Å²) in [5.74, 6) is -0.771. The number of rotatable bonds is 6. The molecule has 1 saturated heterocycles. The number of benzene rings is 1. The summed E-state index contributed by atoms with van der Waals surface area (Å²) in [5, 5.41) is 5.74. The van der Waals surface area contributed by atoms with E-state index in [2.05, 4.69) is 10.6 Å². The molecule has 7 nitrogen and oxygen atoms in total. The quantitative estimate of drug-likeness (QED) is 0.508. The molecule has 3 amide bonds. The standard InChI is InChI=1S/C20H26N4O3/c21-20(6-1-7-20)8-9-22-11-13-2-3-14-12-24(19(27)15(14)10-13)16-4-5-17(25)23-18(16)26/h2-3,10,16,22H,1,4-9,11-12,21H2,(H,23,25,26). The van der Waals surface area contributed by atoms with Gasteiger partial charge in [-0.1, -0.05) is 12.1 Å². The first-order valence-corrected chi connectivity index (χ1v) is 9.71. The molecule has 1 aromatic carbocycles. The Balaban J connectivity index is 1.36. The van der Waals surface area contributed by atoms with Crippen molar-refractivity contribution in [3.63, 3.8) is 0 Å². The van der Waals surface area contributed by atoms with Crippen LogP contribution in [0.15, 0.2) is 18.2 Å². The molecule has 1 aliphatic carbocycles. The van der Waals surface area contributed by atoms with E-state index < -0.39 is 6.04 Å². The molecule has 7 heteroatoms. The minimum absolute atomic E-state index is 0.0172. The molecule has 3 aliphatic rings. The molecule has 1 saturated carbocycles. The van der Waals surface area contributed by atoms with Gasteiger partial charge in [-0.2, -0.15) is 0 Å². The molecular formula is C20H26N4O3. The number of nitrogens with two attached hydrogens (primary N) is 1. The number of nitrogens with zero attached hydrogens (tertiary/aromatic N) is 1. The van der Waals surface area contributed by atoms with Crippen molar-refractivity contribution in [2.75, 3.05) is 6.54 Å². The number of amides is 3. The third-order valence-corrected chi connectivity index (χ3v) is 6.07. The van der Waals surface area contributed by atoms with Gasteiger partial charge in [-0.3, -0.25) is 19.7 Å². The summed E-state index contributed by atoms with van der Waals surface area (Å²) in [6.07, 6.45) is 5.08. The van der Waals surface area contributed by atoms with Gasteiger partial charge in [0, 0.05) is 30.6 Å². The molecule has 1 unspecified atom stereocenters. The smallest absolute Gasteiger partial charge is 0.255 e. The highest BCUT2D eigenvalue weighted by molar-refractivity contribution is 6.05. The van der Waals surface area contributed by atoms with Gasteiger partial charge >= 0.3 is 0 Å². The number of imide groups is 1. The van der Waals surface area contributed by atoms with Crippen LogP contribution < -0.4 is 16.4 Å². The Morgan fingerprint density at radius 3 is 2.78 bits per heavy atom. The van der Waals surface area contributed by atoms with Crippen molar-refractivity contribution in [1.29, 1.82) is 0 Å². The van der Waals surface area contributed by atoms with Crippen LogP contribution in [0.5, 0.6) is 0 Å². The molecule has 1 atom stereocenters. The second-order valence-corrected chi connectivity index (χ2v) is 8.03. The zero-order chi connectivity index (χ0) is 19.0. The normalized spacial score (nSPS) is 23.8. The van der Waals surface area contributed by atoms with Crippen LogP contribution in [0, 0.1) is 0 Å². The number of carbonyl (C=O) groups excluding carboxylic acids is 3. The van der Waals surface area contributed by atoms with Crippen LogP contribution in [0.3, 0.4) is 0 Å².